The van der Waals surface area contributed by atoms with E-state index in [1.54, 1.807) is 18.2 Å². The van der Waals surface area contributed by atoms with Crippen LogP contribution in [0, 0.1) is 6.92 Å². The number of carbonyl (C=O) groups excluding carboxylic acids is 1. The average Bonchev–Trinajstić information content (AvgIpc) is 2.82. The fourth-order valence-corrected chi connectivity index (χ4v) is 4.23. The maximum absolute atomic E-state index is 12.4. The Balaban J connectivity index is 2.41. The van der Waals surface area contributed by atoms with Gasteiger partial charge in [-0.2, -0.15) is 0 Å². The van der Waals surface area contributed by atoms with Crippen molar-refractivity contribution in [2.45, 2.75) is 31.6 Å². The third-order valence-electron chi connectivity index (χ3n) is 3.14. The lowest BCUT2D eigenvalue weighted by Gasteiger charge is -2.07. The Morgan fingerprint density at radius 1 is 1.23 bits per heavy atom. The van der Waals surface area contributed by atoms with Crippen LogP contribution in [0.25, 0.3) is 0 Å². The zero-order valence-corrected chi connectivity index (χ0v) is 14.2. The van der Waals surface area contributed by atoms with Crippen LogP contribution < -0.4 is 10.5 Å². The molecule has 118 valence electrons. The number of nitrogens with two attached hydrogens (primary N) is 1. The second-order valence-corrected chi connectivity index (χ2v) is 8.10. The summed E-state index contributed by atoms with van der Waals surface area (Å²) in [6.45, 7) is 5.81. The van der Waals surface area contributed by atoms with E-state index in [0.29, 0.717) is 0 Å². The number of benzene rings is 1. The van der Waals surface area contributed by atoms with Gasteiger partial charge in [-0.15, -0.1) is 11.3 Å². The highest BCUT2D eigenvalue weighted by Gasteiger charge is 2.21. The molecule has 0 unspecified atom stereocenters. The number of aryl methyl sites for hydroxylation is 1. The Morgan fingerprint density at radius 3 is 2.32 bits per heavy atom. The molecule has 0 radical (unpaired) electrons. The van der Waals surface area contributed by atoms with Crippen molar-refractivity contribution < 1.29 is 13.2 Å². The van der Waals surface area contributed by atoms with Crippen molar-refractivity contribution >= 4 is 32.3 Å². The summed E-state index contributed by atoms with van der Waals surface area (Å²) in [5.41, 5.74) is 6.50. The molecule has 1 heterocycles. The van der Waals surface area contributed by atoms with Crippen molar-refractivity contribution in [3.8, 4) is 0 Å². The molecular weight excluding hydrogens is 320 g/mol. The molecule has 0 saturated heterocycles. The molecule has 1 aromatic heterocycles. The van der Waals surface area contributed by atoms with E-state index in [1.165, 1.54) is 23.5 Å². The zero-order chi connectivity index (χ0) is 16.5. The third kappa shape index (κ3) is 3.48. The number of carbonyl (C=O) groups is 1. The number of sulfonamides is 1. The van der Waals surface area contributed by atoms with Crippen LogP contribution in [0.1, 0.15) is 40.6 Å². The number of primary amides is 1. The summed E-state index contributed by atoms with van der Waals surface area (Å²) in [5.74, 6) is -0.467. The van der Waals surface area contributed by atoms with Gasteiger partial charge in [-0.3, -0.25) is 9.52 Å². The lowest BCUT2D eigenvalue weighted by atomic mass is 10.1. The molecule has 0 aliphatic carbocycles. The zero-order valence-electron chi connectivity index (χ0n) is 12.6. The van der Waals surface area contributed by atoms with Crippen molar-refractivity contribution in [2.24, 2.45) is 5.73 Å². The summed E-state index contributed by atoms with van der Waals surface area (Å²) in [7, 11) is -3.75. The van der Waals surface area contributed by atoms with Crippen LogP contribution in [-0.4, -0.2) is 14.3 Å². The van der Waals surface area contributed by atoms with Crippen LogP contribution in [-0.2, 0) is 10.0 Å². The summed E-state index contributed by atoms with van der Waals surface area (Å²) < 4.78 is 27.3. The smallest absolute Gasteiger partial charge is 0.262 e. The topological polar surface area (TPSA) is 89.3 Å². The summed E-state index contributed by atoms with van der Waals surface area (Å²) in [6.07, 6.45) is 0. The first-order chi connectivity index (χ1) is 10.2. The van der Waals surface area contributed by atoms with Gasteiger partial charge in [0.1, 0.15) is 5.00 Å². The van der Waals surface area contributed by atoms with Gasteiger partial charge in [-0.05, 0) is 31.0 Å². The Labute approximate surface area is 134 Å². The quantitative estimate of drug-likeness (QED) is 0.878. The number of hydrogen-bond acceptors (Lipinski definition) is 4. The number of anilines is 1. The predicted octanol–water partition coefficient (Wildman–Crippen LogP) is 3.08. The molecule has 1 aromatic carbocycles. The first-order valence-corrected chi connectivity index (χ1v) is 9.03. The summed E-state index contributed by atoms with van der Waals surface area (Å²) in [6, 6.07) is 8.14. The van der Waals surface area contributed by atoms with Gasteiger partial charge >= 0.3 is 0 Å². The summed E-state index contributed by atoms with van der Waals surface area (Å²) in [4.78, 5) is 12.6. The molecule has 0 fully saturated rings. The van der Waals surface area contributed by atoms with Crippen molar-refractivity contribution in [1.82, 2.24) is 0 Å². The minimum atomic E-state index is -3.75. The maximum atomic E-state index is 12.4. The van der Waals surface area contributed by atoms with E-state index < -0.39 is 15.9 Å². The molecule has 0 aliphatic rings. The van der Waals surface area contributed by atoms with Gasteiger partial charge in [0.2, 0.25) is 0 Å². The normalized spacial score (nSPS) is 11.6. The average molecular weight is 338 g/mol. The number of amides is 1. The van der Waals surface area contributed by atoms with Crippen LogP contribution in [0.4, 0.5) is 5.00 Å². The molecule has 5 nitrogen and oxygen atoms in total. The molecule has 22 heavy (non-hydrogen) atoms. The van der Waals surface area contributed by atoms with Crippen molar-refractivity contribution in [3.63, 3.8) is 0 Å². The lowest BCUT2D eigenvalue weighted by Crippen LogP contribution is -2.17. The van der Waals surface area contributed by atoms with Crippen LogP contribution in [0.2, 0.25) is 0 Å². The van der Waals surface area contributed by atoms with E-state index >= 15 is 0 Å². The standard InChI is InChI=1S/C15H18N2O3S2/c1-9(2)13-8-12(14(16)18)15(21-13)17-22(19,20)11-6-4-10(3)5-7-11/h4-9,17H,1-3H3,(H2,16,18). The van der Waals surface area contributed by atoms with Gasteiger partial charge in [0.15, 0.2) is 0 Å². The third-order valence-corrected chi connectivity index (χ3v) is 5.99. The SMILES string of the molecule is Cc1ccc(S(=O)(=O)Nc2sc(C(C)C)cc2C(N)=O)cc1. The molecule has 0 aliphatic heterocycles. The molecule has 2 aromatic rings. The van der Waals surface area contributed by atoms with E-state index in [-0.39, 0.29) is 21.4 Å². The van der Waals surface area contributed by atoms with Gasteiger partial charge in [0.05, 0.1) is 10.5 Å². The van der Waals surface area contributed by atoms with Crippen molar-refractivity contribution in [3.05, 3.63) is 46.3 Å². The highest BCUT2D eigenvalue weighted by molar-refractivity contribution is 7.93. The minimum absolute atomic E-state index is 0.146. The largest absolute Gasteiger partial charge is 0.366 e. The Kier molecular flexibility index (Phi) is 4.58. The van der Waals surface area contributed by atoms with E-state index in [2.05, 4.69) is 4.72 Å². The monoisotopic (exact) mass is 338 g/mol. The molecule has 1 amide bonds. The first kappa shape index (κ1) is 16.5. The van der Waals surface area contributed by atoms with Gasteiger partial charge in [-0.25, -0.2) is 8.42 Å². The Bertz CT molecular complexity index is 791. The fraction of sp³-hybridized carbons (Fsp3) is 0.267. The molecule has 7 heteroatoms. The molecule has 0 spiro atoms. The number of nitrogens with one attached hydrogen (secondary N) is 1. The maximum Gasteiger partial charge on any atom is 0.262 e. The fourth-order valence-electron chi connectivity index (χ4n) is 1.85. The Morgan fingerprint density at radius 2 is 1.82 bits per heavy atom. The predicted molar refractivity (Wildman–Crippen MR) is 88.9 cm³/mol. The first-order valence-electron chi connectivity index (χ1n) is 6.73. The lowest BCUT2D eigenvalue weighted by molar-refractivity contribution is 0.100. The molecule has 0 saturated carbocycles. The second kappa shape index (κ2) is 6.10. The summed E-state index contributed by atoms with van der Waals surface area (Å²) in [5, 5.41) is 0.261. The van der Waals surface area contributed by atoms with Gasteiger partial charge in [0, 0.05) is 4.88 Å². The second-order valence-electron chi connectivity index (χ2n) is 5.33. The van der Waals surface area contributed by atoms with E-state index in [4.69, 9.17) is 5.73 Å². The van der Waals surface area contributed by atoms with Gasteiger partial charge < -0.3 is 5.73 Å². The van der Waals surface area contributed by atoms with Crippen LogP contribution >= 0.6 is 11.3 Å². The molecule has 3 N–H and O–H groups in total. The Hall–Kier alpha value is -1.86. The number of rotatable bonds is 5. The summed E-state index contributed by atoms with van der Waals surface area (Å²) >= 11 is 1.23. The van der Waals surface area contributed by atoms with Crippen LogP contribution in [0.5, 0.6) is 0 Å². The van der Waals surface area contributed by atoms with Crippen molar-refractivity contribution in [1.29, 1.82) is 0 Å². The van der Waals surface area contributed by atoms with Crippen LogP contribution in [0.15, 0.2) is 35.2 Å². The van der Waals surface area contributed by atoms with E-state index in [1.807, 2.05) is 20.8 Å². The van der Waals surface area contributed by atoms with E-state index in [9.17, 15) is 13.2 Å². The van der Waals surface area contributed by atoms with E-state index in [0.717, 1.165) is 10.4 Å². The van der Waals surface area contributed by atoms with Gasteiger partial charge in [0.25, 0.3) is 15.9 Å². The molecule has 2 rings (SSSR count). The van der Waals surface area contributed by atoms with Crippen LogP contribution in [0.3, 0.4) is 0 Å². The molecule has 0 atom stereocenters. The van der Waals surface area contributed by atoms with Gasteiger partial charge in [-0.1, -0.05) is 31.5 Å². The van der Waals surface area contributed by atoms with Crippen molar-refractivity contribution in [2.75, 3.05) is 4.72 Å². The number of thiophene rings is 1. The molecule has 0 bridgehead atoms. The minimum Gasteiger partial charge on any atom is -0.366 e. The highest BCUT2D eigenvalue weighted by Crippen LogP contribution is 2.34. The molecular formula is C15H18N2O3S2. The number of hydrogen-bond donors (Lipinski definition) is 2. The highest BCUT2D eigenvalue weighted by atomic mass is 32.2.